The molecular formula is C16H23NO3. The highest BCUT2D eigenvalue weighted by Gasteiger charge is 2.32. The lowest BCUT2D eigenvalue weighted by Crippen LogP contribution is -2.49. The maximum Gasteiger partial charge on any atom is 0.254 e. The first-order chi connectivity index (χ1) is 9.58. The zero-order chi connectivity index (χ0) is 14.7. The van der Waals surface area contributed by atoms with Crippen molar-refractivity contribution in [3.8, 4) is 5.75 Å². The van der Waals surface area contributed by atoms with E-state index < -0.39 is 0 Å². The Balaban J connectivity index is 2.25. The normalized spacial score (nSPS) is 22.7. The molecule has 4 nitrogen and oxygen atoms in total. The van der Waals surface area contributed by atoms with Crippen LogP contribution in [0.3, 0.4) is 0 Å². The Kier molecular flexibility index (Phi) is 4.65. The number of carbonyl (C=O) groups is 1. The molecule has 2 atom stereocenters. The Hall–Kier alpha value is -1.55. The molecule has 1 fully saturated rings. The average molecular weight is 277 g/mol. The van der Waals surface area contributed by atoms with Gasteiger partial charge < -0.3 is 14.7 Å². The van der Waals surface area contributed by atoms with Gasteiger partial charge in [0.25, 0.3) is 5.91 Å². The van der Waals surface area contributed by atoms with Crippen molar-refractivity contribution in [2.75, 3.05) is 20.3 Å². The van der Waals surface area contributed by atoms with Gasteiger partial charge in [0.2, 0.25) is 0 Å². The number of ether oxygens (including phenoxy) is 1. The van der Waals surface area contributed by atoms with Crippen molar-refractivity contribution < 1.29 is 14.6 Å². The number of rotatable bonds is 3. The van der Waals surface area contributed by atoms with Crippen LogP contribution in [0, 0.1) is 12.8 Å². The van der Waals surface area contributed by atoms with Crippen LogP contribution in [0.4, 0.5) is 0 Å². The number of hydrogen-bond donors (Lipinski definition) is 1. The zero-order valence-corrected chi connectivity index (χ0v) is 12.4. The smallest absolute Gasteiger partial charge is 0.254 e. The number of aryl methyl sites for hydroxylation is 1. The summed E-state index contributed by atoms with van der Waals surface area (Å²) < 4.78 is 5.17. The third-order valence-electron chi connectivity index (χ3n) is 4.23. The highest BCUT2D eigenvalue weighted by molar-refractivity contribution is 5.96. The first-order valence-electron chi connectivity index (χ1n) is 7.15. The van der Waals surface area contributed by atoms with Crippen LogP contribution < -0.4 is 4.74 Å². The SMILES string of the molecule is COc1ccc(C(=O)N2CCCC(C)C2CO)c(C)c1. The van der Waals surface area contributed by atoms with Gasteiger partial charge in [0.05, 0.1) is 19.8 Å². The molecule has 4 heteroatoms. The van der Waals surface area contributed by atoms with Crippen LogP contribution >= 0.6 is 0 Å². The summed E-state index contributed by atoms with van der Waals surface area (Å²) in [6, 6.07) is 5.41. The number of methoxy groups -OCH3 is 1. The lowest BCUT2D eigenvalue weighted by molar-refractivity contribution is 0.0358. The summed E-state index contributed by atoms with van der Waals surface area (Å²) in [5, 5.41) is 9.57. The fourth-order valence-electron chi connectivity index (χ4n) is 2.94. The molecular weight excluding hydrogens is 254 g/mol. The number of benzene rings is 1. The monoisotopic (exact) mass is 277 g/mol. The Morgan fingerprint density at radius 1 is 1.50 bits per heavy atom. The van der Waals surface area contributed by atoms with Crippen molar-refractivity contribution in [3.05, 3.63) is 29.3 Å². The summed E-state index contributed by atoms with van der Waals surface area (Å²) in [6.07, 6.45) is 2.06. The predicted octanol–water partition coefficient (Wildman–Crippen LogP) is 2.24. The van der Waals surface area contributed by atoms with Gasteiger partial charge in [0, 0.05) is 12.1 Å². The van der Waals surface area contributed by atoms with Crippen molar-refractivity contribution in [1.82, 2.24) is 4.90 Å². The van der Waals surface area contributed by atoms with E-state index in [0.717, 1.165) is 30.7 Å². The highest BCUT2D eigenvalue weighted by atomic mass is 16.5. The van der Waals surface area contributed by atoms with Crippen LogP contribution in [0.15, 0.2) is 18.2 Å². The summed E-state index contributed by atoms with van der Waals surface area (Å²) in [7, 11) is 1.62. The quantitative estimate of drug-likeness (QED) is 0.921. The van der Waals surface area contributed by atoms with Gasteiger partial charge in [0.15, 0.2) is 0 Å². The summed E-state index contributed by atoms with van der Waals surface area (Å²) in [4.78, 5) is 14.5. The van der Waals surface area contributed by atoms with Gasteiger partial charge >= 0.3 is 0 Å². The second-order valence-corrected chi connectivity index (χ2v) is 5.55. The maximum atomic E-state index is 12.7. The Labute approximate surface area is 120 Å². The van der Waals surface area contributed by atoms with E-state index in [1.165, 1.54) is 0 Å². The van der Waals surface area contributed by atoms with E-state index >= 15 is 0 Å². The number of hydrogen-bond acceptors (Lipinski definition) is 3. The molecule has 0 aromatic heterocycles. The molecule has 2 unspecified atom stereocenters. The predicted molar refractivity (Wildman–Crippen MR) is 78.0 cm³/mol. The molecule has 1 aromatic carbocycles. The molecule has 2 rings (SSSR count). The lowest BCUT2D eigenvalue weighted by Gasteiger charge is -2.39. The Bertz CT molecular complexity index is 487. The summed E-state index contributed by atoms with van der Waals surface area (Å²) in [5.74, 6) is 1.11. The van der Waals surface area contributed by atoms with Crippen molar-refractivity contribution in [3.63, 3.8) is 0 Å². The number of piperidine rings is 1. The minimum atomic E-state index is -0.0715. The van der Waals surface area contributed by atoms with Gasteiger partial charge in [-0.25, -0.2) is 0 Å². The summed E-state index contributed by atoms with van der Waals surface area (Å²) >= 11 is 0. The number of likely N-dealkylation sites (tertiary alicyclic amines) is 1. The molecule has 0 saturated carbocycles. The molecule has 1 aliphatic heterocycles. The minimum absolute atomic E-state index is 0.00996. The molecule has 0 spiro atoms. The molecule has 1 heterocycles. The summed E-state index contributed by atoms with van der Waals surface area (Å²) in [6.45, 7) is 4.76. The van der Waals surface area contributed by atoms with Crippen LogP contribution in [0.1, 0.15) is 35.7 Å². The number of aliphatic hydroxyl groups excluding tert-OH is 1. The van der Waals surface area contributed by atoms with Crippen LogP contribution in [0.25, 0.3) is 0 Å². The fourth-order valence-corrected chi connectivity index (χ4v) is 2.94. The molecule has 0 aliphatic carbocycles. The van der Waals surface area contributed by atoms with Gasteiger partial charge in [-0.1, -0.05) is 6.92 Å². The molecule has 1 N–H and O–H groups in total. The molecule has 1 amide bonds. The minimum Gasteiger partial charge on any atom is -0.497 e. The van der Waals surface area contributed by atoms with E-state index in [2.05, 4.69) is 6.92 Å². The van der Waals surface area contributed by atoms with Crippen molar-refractivity contribution in [2.45, 2.75) is 32.7 Å². The molecule has 110 valence electrons. The third-order valence-corrected chi connectivity index (χ3v) is 4.23. The second-order valence-electron chi connectivity index (χ2n) is 5.55. The second kappa shape index (κ2) is 6.27. The number of carbonyl (C=O) groups excluding carboxylic acids is 1. The zero-order valence-electron chi connectivity index (χ0n) is 12.4. The van der Waals surface area contributed by atoms with Gasteiger partial charge in [-0.05, 0) is 49.4 Å². The topological polar surface area (TPSA) is 49.8 Å². The van der Waals surface area contributed by atoms with E-state index in [1.807, 2.05) is 30.0 Å². The molecule has 0 bridgehead atoms. The van der Waals surface area contributed by atoms with E-state index in [0.29, 0.717) is 11.5 Å². The molecule has 1 saturated heterocycles. The number of amides is 1. The first kappa shape index (κ1) is 14.9. The number of nitrogens with zero attached hydrogens (tertiary/aromatic N) is 1. The fraction of sp³-hybridized carbons (Fsp3) is 0.562. The molecule has 1 aliphatic rings. The molecule has 20 heavy (non-hydrogen) atoms. The van der Waals surface area contributed by atoms with Gasteiger partial charge in [0.1, 0.15) is 5.75 Å². The van der Waals surface area contributed by atoms with E-state index in [-0.39, 0.29) is 18.6 Å². The molecule has 1 aromatic rings. The van der Waals surface area contributed by atoms with Crippen molar-refractivity contribution >= 4 is 5.91 Å². The molecule has 0 radical (unpaired) electrons. The van der Waals surface area contributed by atoms with Gasteiger partial charge in [-0.3, -0.25) is 4.79 Å². The Morgan fingerprint density at radius 3 is 2.85 bits per heavy atom. The number of aliphatic hydroxyl groups is 1. The van der Waals surface area contributed by atoms with Crippen LogP contribution in [0.5, 0.6) is 5.75 Å². The van der Waals surface area contributed by atoms with Crippen molar-refractivity contribution in [1.29, 1.82) is 0 Å². The van der Waals surface area contributed by atoms with Crippen molar-refractivity contribution in [2.24, 2.45) is 5.92 Å². The van der Waals surface area contributed by atoms with E-state index in [4.69, 9.17) is 4.74 Å². The maximum absolute atomic E-state index is 12.7. The van der Waals surface area contributed by atoms with Crippen LogP contribution in [0.2, 0.25) is 0 Å². The standard InChI is InChI=1S/C16H23NO3/c1-11-5-4-8-17(15(11)10-18)16(19)14-7-6-13(20-3)9-12(14)2/h6-7,9,11,15,18H,4-5,8,10H2,1-3H3. The van der Waals surface area contributed by atoms with Gasteiger partial charge in [-0.2, -0.15) is 0 Å². The summed E-state index contributed by atoms with van der Waals surface area (Å²) in [5.41, 5.74) is 1.60. The van der Waals surface area contributed by atoms with Crippen LogP contribution in [-0.2, 0) is 0 Å². The highest BCUT2D eigenvalue weighted by Crippen LogP contribution is 2.26. The largest absolute Gasteiger partial charge is 0.497 e. The van der Waals surface area contributed by atoms with Gasteiger partial charge in [-0.15, -0.1) is 0 Å². The Morgan fingerprint density at radius 2 is 2.25 bits per heavy atom. The average Bonchev–Trinajstić information content (AvgIpc) is 2.46. The third kappa shape index (κ3) is 2.80. The van der Waals surface area contributed by atoms with E-state index in [9.17, 15) is 9.90 Å². The first-order valence-corrected chi connectivity index (χ1v) is 7.15. The van der Waals surface area contributed by atoms with Crippen LogP contribution in [-0.4, -0.2) is 42.2 Å². The lowest BCUT2D eigenvalue weighted by atomic mass is 9.90. The van der Waals surface area contributed by atoms with E-state index in [1.54, 1.807) is 7.11 Å².